The molecule has 3 rings (SSSR count). The van der Waals surface area contributed by atoms with Crippen molar-refractivity contribution in [2.45, 2.75) is 32.9 Å². The van der Waals surface area contributed by atoms with Crippen LogP contribution in [0.4, 0.5) is 0 Å². The highest BCUT2D eigenvalue weighted by Crippen LogP contribution is 2.28. The minimum Gasteiger partial charge on any atom is -0.484 e. The van der Waals surface area contributed by atoms with E-state index in [9.17, 15) is 18.0 Å². The molecule has 0 N–H and O–H groups in total. The molecule has 7 nitrogen and oxygen atoms in total. The number of hydrogen-bond acceptors (Lipinski definition) is 5. The van der Waals surface area contributed by atoms with Crippen LogP contribution in [-0.2, 0) is 19.4 Å². The number of fused-ring (bicyclic) bond motifs is 1. The number of hydrogen-bond donors (Lipinski definition) is 0. The van der Waals surface area contributed by atoms with Gasteiger partial charge in [0.2, 0.25) is 5.91 Å². The second kappa shape index (κ2) is 7.50. The molecule has 2 atom stereocenters. The lowest BCUT2D eigenvalue weighted by Crippen LogP contribution is -2.63. The number of amides is 2. The van der Waals surface area contributed by atoms with Crippen molar-refractivity contribution in [3.8, 4) is 5.75 Å². The van der Waals surface area contributed by atoms with Gasteiger partial charge in [0.05, 0.1) is 23.6 Å². The summed E-state index contributed by atoms with van der Waals surface area (Å²) in [4.78, 5) is 28.4. The first-order valence-corrected chi connectivity index (χ1v) is 11.0. The van der Waals surface area contributed by atoms with Gasteiger partial charge in [0.25, 0.3) is 5.91 Å². The maximum Gasteiger partial charge on any atom is 0.260 e. The zero-order valence-electron chi connectivity index (χ0n) is 15.9. The molecule has 8 heteroatoms. The number of ether oxygens (including phenoxy) is 1. The fourth-order valence-corrected chi connectivity index (χ4v) is 5.71. The number of carbonyl (C=O) groups excluding carboxylic acids is 2. The molecule has 0 aliphatic carbocycles. The van der Waals surface area contributed by atoms with Gasteiger partial charge in [0, 0.05) is 19.0 Å². The molecule has 0 radical (unpaired) electrons. The molecular weight excluding hydrogens is 368 g/mol. The molecule has 1 aromatic rings. The summed E-state index contributed by atoms with van der Waals surface area (Å²) in [6.07, 6.45) is 0. The van der Waals surface area contributed by atoms with Gasteiger partial charge in [-0.1, -0.05) is 31.5 Å². The third kappa shape index (κ3) is 4.26. The summed E-state index contributed by atoms with van der Waals surface area (Å²) in [6.45, 7) is 6.09. The third-order valence-corrected chi connectivity index (χ3v) is 6.86. The van der Waals surface area contributed by atoms with Crippen molar-refractivity contribution in [1.82, 2.24) is 9.80 Å². The Labute approximate surface area is 160 Å². The average molecular weight is 394 g/mol. The van der Waals surface area contributed by atoms with Crippen LogP contribution in [0.1, 0.15) is 19.4 Å². The molecule has 0 bridgehead atoms. The van der Waals surface area contributed by atoms with Crippen molar-refractivity contribution in [3.63, 3.8) is 0 Å². The maximum absolute atomic E-state index is 12.7. The molecule has 1 aromatic carbocycles. The lowest BCUT2D eigenvalue weighted by atomic mass is 10.0. The number of benzene rings is 1. The van der Waals surface area contributed by atoms with E-state index in [-0.39, 0.29) is 35.8 Å². The SMILES string of the molecule is Cc1ccc(OCC(=O)N2CCN(C(=O)C(C)C)[C@@H]3CS(=O)(=O)C[C@@H]32)cc1. The summed E-state index contributed by atoms with van der Waals surface area (Å²) in [5.41, 5.74) is 1.10. The monoisotopic (exact) mass is 394 g/mol. The lowest BCUT2D eigenvalue weighted by Gasteiger charge is -2.44. The van der Waals surface area contributed by atoms with E-state index in [0.29, 0.717) is 18.8 Å². The predicted molar refractivity (Wildman–Crippen MR) is 101 cm³/mol. The molecule has 0 spiro atoms. The standard InChI is InChI=1S/C19H26N2O5S/c1-13(2)19(23)21-9-8-20(16-11-27(24,25)12-17(16)21)18(22)10-26-15-6-4-14(3)5-7-15/h4-7,13,16-17H,8-12H2,1-3H3/t16-,17+/m0/s1. The molecule has 2 amide bonds. The van der Waals surface area contributed by atoms with Crippen LogP contribution in [0.15, 0.2) is 24.3 Å². The number of carbonyl (C=O) groups is 2. The van der Waals surface area contributed by atoms with Gasteiger partial charge in [-0.25, -0.2) is 8.42 Å². The fourth-order valence-electron chi connectivity index (χ4n) is 3.73. The molecule has 2 heterocycles. The summed E-state index contributed by atoms with van der Waals surface area (Å²) in [7, 11) is -3.29. The topological polar surface area (TPSA) is 84.0 Å². The van der Waals surface area contributed by atoms with Gasteiger partial charge in [0.15, 0.2) is 16.4 Å². The van der Waals surface area contributed by atoms with Crippen LogP contribution >= 0.6 is 0 Å². The zero-order chi connectivity index (χ0) is 19.8. The summed E-state index contributed by atoms with van der Waals surface area (Å²) < 4.78 is 30.0. The third-order valence-electron chi connectivity index (χ3n) is 5.16. The normalized spacial score (nSPS) is 24.0. The Morgan fingerprint density at radius 3 is 2.22 bits per heavy atom. The van der Waals surface area contributed by atoms with Gasteiger partial charge < -0.3 is 14.5 Å². The van der Waals surface area contributed by atoms with Crippen molar-refractivity contribution in [1.29, 1.82) is 0 Å². The summed E-state index contributed by atoms with van der Waals surface area (Å²) >= 11 is 0. The van der Waals surface area contributed by atoms with Crippen molar-refractivity contribution >= 4 is 21.7 Å². The average Bonchev–Trinajstić information content (AvgIpc) is 2.94. The lowest BCUT2D eigenvalue weighted by molar-refractivity contribution is -0.148. The Bertz CT molecular complexity index is 819. The number of sulfone groups is 1. The van der Waals surface area contributed by atoms with Gasteiger partial charge in [-0.15, -0.1) is 0 Å². The highest BCUT2D eigenvalue weighted by Gasteiger charge is 2.49. The molecule has 2 aliphatic heterocycles. The van der Waals surface area contributed by atoms with Gasteiger partial charge in [-0.05, 0) is 19.1 Å². The van der Waals surface area contributed by atoms with Crippen molar-refractivity contribution in [2.75, 3.05) is 31.2 Å². The molecule has 2 saturated heterocycles. The van der Waals surface area contributed by atoms with Crippen molar-refractivity contribution in [2.24, 2.45) is 5.92 Å². The number of nitrogens with zero attached hydrogens (tertiary/aromatic N) is 2. The van der Waals surface area contributed by atoms with Gasteiger partial charge in [-0.2, -0.15) is 0 Å². The van der Waals surface area contributed by atoms with Crippen LogP contribution in [0.5, 0.6) is 5.75 Å². The van der Waals surface area contributed by atoms with E-state index in [1.54, 1.807) is 35.8 Å². The minimum absolute atomic E-state index is 0.0647. The van der Waals surface area contributed by atoms with Crippen LogP contribution in [0.25, 0.3) is 0 Å². The van der Waals surface area contributed by atoms with Crippen LogP contribution < -0.4 is 4.74 Å². The molecule has 0 unspecified atom stereocenters. The van der Waals surface area contributed by atoms with Crippen LogP contribution in [-0.4, -0.2) is 73.3 Å². The Morgan fingerprint density at radius 2 is 1.63 bits per heavy atom. The molecule has 27 heavy (non-hydrogen) atoms. The highest BCUT2D eigenvalue weighted by atomic mass is 32.2. The van der Waals surface area contributed by atoms with E-state index in [0.717, 1.165) is 5.56 Å². The van der Waals surface area contributed by atoms with Gasteiger partial charge in [0.1, 0.15) is 5.75 Å². The Balaban J connectivity index is 1.71. The first-order valence-electron chi connectivity index (χ1n) is 9.18. The fraction of sp³-hybridized carbons (Fsp3) is 0.579. The van der Waals surface area contributed by atoms with E-state index in [1.165, 1.54) is 0 Å². The second-order valence-electron chi connectivity index (χ2n) is 7.59. The largest absolute Gasteiger partial charge is 0.484 e. The quantitative estimate of drug-likeness (QED) is 0.757. The molecule has 0 aromatic heterocycles. The summed E-state index contributed by atoms with van der Waals surface area (Å²) in [5, 5.41) is 0. The zero-order valence-corrected chi connectivity index (χ0v) is 16.7. The first kappa shape index (κ1) is 19.7. The second-order valence-corrected chi connectivity index (χ2v) is 9.74. The predicted octanol–water partition coefficient (Wildman–Crippen LogP) is 0.866. The Hall–Kier alpha value is -2.09. The van der Waals surface area contributed by atoms with E-state index >= 15 is 0 Å². The van der Waals surface area contributed by atoms with Gasteiger partial charge >= 0.3 is 0 Å². The summed E-state index contributed by atoms with van der Waals surface area (Å²) in [6, 6.07) is 6.42. The number of aryl methyl sites for hydroxylation is 1. The molecule has 2 fully saturated rings. The first-order chi connectivity index (χ1) is 12.7. The van der Waals surface area contributed by atoms with Crippen LogP contribution in [0.2, 0.25) is 0 Å². The molecule has 2 aliphatic rings. The van der Waals surface area contributed by atoms with E-state index < -0.39 is 21.9 Å². The van der Waals surface area contributed by atoms with Crippen LogP contribution in [0.3, 0.4) is 0 Å². The number of rotatable bonds is 4. The number of piperazine rings is 1. The summed E-state index contributed by atoms with van der Waals surface area (Å²) in [5.74, 6) is -0.113. The molecular formula is C19H26N2O5S. The van der Waals surface area contributed by atoms with Crippen molar-refractivity contribution < 1.29 is 22.7 Å². The van der Waals surface area contributed by atoms with E-state index in [2.05, 4.69) is 0 Å². The smallest absolute Gasteiger partial charge is 0.260 e. The molecule has 0 saturated carbocycles. The Kier molecular flexibility index (Phi) is 5.46. The van der Waals surface area contributed by atoms with Crippen molar-refractivity contribution in [3.05, 3.63) is 29.8 Å². The Morgan fingerprint density at radius 1 is 1.07 bits per heavy atom. The van der Waals surface area contributed by atoms with E-state index in [1.807, 2.05) is 19.1 Å². The molecule has 148 valence electrons. The van der Waals surface area contributed by atoms with Crippen LogP contribution in [0, 0.1) is 12.8 Å². The van der Waals surface area contributed by atoms with Gasteiger partial charge in [-0.3, -0.25) is 9.59 Å². The maximum atomic E-state index is 12.7. The highest BCUT2D eigenvalue weighted by molar-refractivity contribution is 7.91. The van der Waals surface area contributed by atoms with E-state index in [4.69, 9.17) is 4.74 Å². The minimum atomic E-state index is -3.29.